The third kappa shape index (κ3) is 6.17. The number of nitrogens with one attached hydrogen (secondary N) is 1. The molecule has 0 aliphatic carbocycles. The van der Waals surface area contributed by atoms with E-state index >= 15 is 0 Å². The fraction of sp³-hybridized carbons (Fsp3) is 0.588. The normalized spacial score (nSPS) is 17.2. The maximum atomic E-state index is 12.2. The van der Waals surface area contributed by atoms with Gasteiger partial charge in [0.25, 0.3) is 0 Å². The molecule has 1 atom stereocenters. The standard InChI is InChI=1S/C17H26N2O4/c1-19(12-16-7-4-8-23-16)17(20)18-15-6-3-5-14(11-15)13-22-10-9-21-2/h3,5-6,11,16H,4,7-10,12-13H2,1-2H3,(H,18,20)/t16-/m0/s1. The number of methoxy groups -OCH3 is 1. The summed E-state index contributed by atoms with van der Waals surface area (Å²) < 4.78 is 16.0. The summed E-state index contributed by atoms with van der Waals surface area (Å²) in [7, 11) is 3.43. The molecule has 0 radical (unpaired) electrons. The minimum Gasteiger partial charge on any atom is -0.382 e. The fourth-order valence-corrected chi connectivity index (χ4v) is 2.47. The molecule has 1 N–H and O–H groups in total. The third-order valence-electron chi connectivity index (χ3n) is 3.73. The topological polar surface area (TPSA) is 60.0 Å². The average Bonchev–Trinajstić information content (AvgIpc) is 3.05. The van der Waals surface area contributed by atoms with Crippen molar-refractivity contribution in [3.8, 4) is 0 Å². The largest absolute Gasteiger partial charge is 0.382 e. The Balaban J connectivity index is 1.80. The van der Waals surface area contributed by atoms with Crippen LogP contribution in [0.25, 0.3) is 0 Å². The number of nitrogens with zero attached hydrogens (tertiary/aromatic N) is 1. The zero-order valence-corrected chi connectivity index (χ0v) is 13.9. The van der Waals surface area contributed by atoms with Crippen LogP contribution in [-0.2, 0) is 20.8 Å². The first kappa shape index (κ1) is 17.7. The second kappa shape index (κ2) is 9.50. The number of ether oxygens (including phenoxy) is 3. The van der Waals surface area contributed by atoms with Gasteiger partial charge in [-0.3, -0.25) is 0 Å². The Bertz CT molecular complexity index is 489. The third-order valence-corrected chi connectivity index (χ3v) is 3.73. The van der Waals surface area contributed by atoms with Crippen LogP contribution in [0.3, 0.4) is 0 Å². The van der Waals surface area contributed by atoms with Gasteiger partial charge in [-0.15, -0.1) is 0 Å². The smallest absolute Gasteiger partial charge is 0.321 e. The molecule has 0 unspecified atom stereocenters. The predicted octanol–water partition coefficient (Wildman–Crippen LogP) is 2.49. The molecule has 1 aromatic rings. The quantitative estimate of drug-likeness (QED) is 0.747. The molecular weight excluding hydrogens is 296 g/mol. The number of benzene rings is 1. The van der Waals surface area contributed by atoms with E-state index in [1.54, 1.807) is 19.1 Å². The van der Waals surface area contributed by atoms with E-state index < -0.39 is 0 Å². The monoisotopic (exact) mass is 322 g/mol. The Morgan fingerprint density at radius 3 is 3.04 bits per heavy atom. The van der Waals surface area contributed by atoms with Crippen LogP contribution in [0, 0.1) is 0 Å². The van der Waals surface area contributed by atoms with Gasteiger partial charge in [-0.2, -0.15) is 0 Å². The maximum Gasteiger partial charge on any atom is 0.321 e. The van der Waals surface area contributed by atoms with Crippen molar-refractivity contribution < 1.29 is 19.0 Å². The summed E-state index contributed by atoms with van der Waals surface area (Å²) in [5.74, 6) is 0. The number of likely N-dealkylation sites (N-methyl/N-ethyl adjacent to an activating group) is 1. The van der Waals surface area contributed by atoms with Crippen molar-refractivity contribution in [1.29, 1.82) is 0 Å². The Labute approximate surface area is 137 Å². The summed E-state index contributed by atoms with van der Waals surface area (Å²) in [5.41, 5.74) is 1.78. The van der Waals surface area contributed by atoms with Crippen molar-refractivity contribution in [2.45, 2.75) is 25.6 Å². The van der Waals surface area contributed by atoms with E-state index in [2.05, 4.69) is 5.32 Å². The van der Waals surface area contributed by atoms with Crippen LogP contribution in [-0.4, -0.2) is 57.6 Å². The lowest BCUT2D eigenvalue weighted by Gasteiger charge is -2.21. The molecular formula is C17H26N2O4. The van der Waals surface area contributed by atoms with Gasteiger partial charge in [-0.05, 0) is 30.5 Å². The first-order valence-electron chi connectivity index (χ1n) is 7.98. The van der Waals surface area contributed by atoms with Crippen LogP contribution in [0.1, 0.15) is 18.4 Å². The minimum atomic E-state index is -0.127. The van der Waals surface area contributed by atoms with Gasteiger partial charge < -0.3 is 24.4 Å². The Hall–Kier alpha value is -1.63. The molecule has 1 fully saturated rings. The van der Waals surface area contributed by atoms with Crippen LogP contribution in [0.2, 0.25) is 0 Å². The number of hydrogen-bond acceptors (Lipinski definition) is 4. The van der Waals surface area contributed by atoms with E-state index in [1.165, 1.54) is 0 Å². The van der Waals surface area contributed by atoms with E-state index in [9.17, 15) is 4.79 Å². The molecule has 6 nitrogen and oxygen atoms in total. The molecule has 2 rings (SSSR count). The number of rotatable bonds is 8. The zero-order valence-electron chi connectivity index (χ0n) is 13.9. The summed E-state index contributed by atoms with van der Waals surface area (Å²) in [6.07, 6.45) is 2.25. The van der Waals surface area contributed by atoms with Gasteiger partial charge in [0.2, 0.25) is 0 Å². The van der Waals surface area contributed by atoms with E-state index in [1.807, 2.05) is 24.3 Å². The molecule has 0 bridgehead atoms. The number of urea groups is 1. The first-order chi connectivity index (χ1) is 11.2. The molecule has 1 aromatic carbocycles. The highest BCUT2D eigenvalue weighted by atomic mass is 16.5. The second-order valence-corrected chi connectivity index (χ2v) is 5.69. The predicted molar refractivity (Wildman–Crippen MR) is 88.6 cm³/mol. The fourth-order valence-electron chi connectivity index (χ4n) is 2.47. The van der Waals surface area contributed by atoms with Crippen molar-refractivity contribution >= 4 is 11.7 Å². The van der Waals surface area contributed by atoms with Crippen molar-refractivity contribution in [2.75, 3.05) is 45.8 Å². The number of carbonyl (C=O) groups is 1. The minimum absolute atomic E-state index is 0.127. The van der Waals surface area contributed by atoms with Crippen LogP contribution in [0.4, 0.5) is 10.5 Å². The van der Waals surface area contributed by atoms with E-state index in [0.717, 1.165) is 30.7 Å². The molecule has 0 saturated carbocycles. The lowest BCUT2D eigenvalue weighted by molar-refractivity contribution is 0.0617. The molecule has 128 valence electrons. The Morgan fingerprint density at radius 1 is 1.43 bits per heavy atom. The molecule has 2 amide bonds. The van der Waals surface area contributed by atoms with E-state index in [4.69, 9.17) is 14.2 Å². The van der Waals surface area contributed by atoms with Crippen LogP contribution >= 0.6 is 0 Å². The van der Waals surface area contributed by atoms with Gasteiger partial charge in [-0.1, -0.05) is 12.1 Å². The van der Waals surface area contributed by atoms with Gasteiger partial charge in [0.15, 0.2) is 0 Å². The van der Waals surface area contributed by atoms with Gasteiger partial charge in [-0.25, -0.2) is 4.79 Å². The summed E-state index contributed by atoms with van der Waals surface area (Å²) in [5, 5.41) is 2.91. The highest BCUT2D eigenvalue weighted by Gasteiger charge is 2.20. The number of anilines is 1. The Kier molecular flexibility index (Phi) is 7.32. The Morgan fingerprint density at radius 2 is 2.30 bits per heavy atom. The highest BCUT2D eigenvalue weighted by Crippen LogP contribution is 2.15. The van der Waals surface area contributed by atoms with E-state index in [-0.39, 0.29) is 12.1 Å². The molecule has 23 heavy (non-hydrogen) atoms. The maximum absolute atomic E-state index is 12.2. The lowest BCUT2D eigenvalue weighted by Crippen LogP contribution is -2.37. The molecule has 1 aliphatic heterocycles. The SMILES string of the molecule is COCCOCc1cccc(NC(=O)N(C)C[C@@H]2CCCO2)c1. The molecule has 1 aliphatic rings. The van der Waals surface area contributed by atoms with Crippen LogP contribution in [0.15, 0.2) is 24.3 Å². The lowest BCUT2D eigenvalue weighted by atomic mass is 10.2. The van der Waals surface area contributed by atoms with Crippen molar-refractivity contribution in [3.63, 3.8) is 0 Å². The summed E-state index contributed by atoms with van der Waals surface area (Å²) in [6, 6.07) is 7.54. The first-order valence-corrected chi connectivity index (χ1v) is 7.98. The molecule has 0 spiro atoms. The average molecular weight is 322 g/mol. The van der Waals surface area contributed by atoms with Crippen molar-refractivity contribution in [1.82, 2.24) is 4.90 Å². The molecule has 6 heteroatoms. The summed E-state index contributed by atoms with van der Waals surface area (Å²) in [4.78, 5) is 13.9. The molecule has 1 saturated heterocycles. The number of hydrogen-bond donors (Lipinski definition) is 1. The van der Waals surface area contributed by atoms with Crippen molar-refractivity contribution in [2.24, 2.45) is 0 Å². The van der Waals surface area contributed by atoms with Crippen LogP contribution < -0.4 is 5.32 Å². The number of amides is 2. The highest BCUT2D eigenvalue weighted by molar-refractivity contribution is 5.89. The van der Waals surface area contributed by atoms with Gasteiger partial charge in [0.05, 0.1) is 25.9 Å². The zero-order chi connectivity index (χ0) is 16.5. The number of carbonyl (C=O) groups excluding carboxylic acids is 1. The summed E-state index contributed by atoms with van der Waals surface area (Å²) >= 11 is 0. The van der Waals surface area contributed by atoms with E-state index in [0.29, 0.717) is 26.4 Å². The van der Waals surface area contributed by atoms with Crippen molar-refractivity contribution in [3.05, 3.63) is 29.8 Å². The van der Waals surface area contributed by atoms with Gasteiger partial charge in [0.1, 0.15) is 0 Å². The van der Waals surface area contributed by atoms with Crippen LogP contribution in [0.5, 0.6) is 0 Å². The van der Waals surface area contributed by atoms with Gasteiger partial charge >= 0.3 is 6.03 Å². The second-order valence-electron chi connectivity index (χ2n) is 5.69. The molecule has 1 heterocycles. The van der Waals surface area contributed by atoms with Gasteiger partial charge in [0, 0.05) is 33.0 Å². The molecule has 0 aromatic heterocycles. The summed E-state index contributed by atoms with van der Waals surface area (Å²) in [6.45, 7) is 3.04.